The molecule has 1 aliphatic rings. The van der Waals surface area contributed by atoms with E-state index in [1.54, 1.807) is 23.1 Å². The van der Waals surface area contributed by atoms with Gasteiger partial charge in [-0.3, -0.25) is 9.36 Å². The monoisotopic (exact) mass is 432 g/mol. The molecule has 28 heavy (non-hydrogen) atoms. The van der Waals surface area contributed by atoms with Crippen LogP contribution in [0.2, 0.25) is 0 Å². The molecule has 2 aromatic heterocycles. The summed E-state index contributed by atoms with van der Waals surface area (Å²) in [5.74, 6) is 0. The van der Waals surface area contributed by atoms with Crippen molar-refractivity contribution in [3.8, 4) is 0 Å². The summed E-state index contributed by atoms with van der Waals surface area (Å²) in [6, 6.07) is 14.4. The predicted molar refractivity (Wildman–Crippen MR) is 121 cm³/mol. The number of anilines is 1. The number of halogens is 1. The summed E-state index contributed by atoms with van der Waals surface area (Å²) < 4.78 is 5.86. The Kier molecular flexibility index (Phi) is 6.33. The first-order valence-electron chi connectivity index (χ1n) is 9.08. The first-order chi connectivity index (χ1) is 13.1. The van der Waals surface area contributed by atoms with Crippen molar-refractivity contribution >= 4 is 52.3 Å². The van der Waals surface area contributed by atoms with Crippen LogP contribution < -0.4 is 24.2 Å². The Morgan fingerprint density at radius 1 is 1.11 bits per heavy atom. The molecule has 3 aromatic rings. The lowest BCUT2D eigenvalue weighted by molar-refractivity contribution is -0.695. The molecule has 0 amide bonds. The highest BCUT2D eigenvalue weighted by atomic mass is 35.5. The van der Waals surface area contributed by atoms with Crippen LogP contribution in [-0.4, -0.2) is 11.6 Å². The molecule has 4 rings (SSSR count). The van der Waals surface area contributed by atoms with E-state index in [0.717, 1.165) is 32.2 Å². The minimum atomic E-state index is 0. The fourth-order valence-corrected chi connectivity index (χ4v) is 5.77. The van der Waals surface area contributed by atoms with Crippen LogP contribution >= 0.6 is 35.5 Å². The molecular formula is C21H23ClN3OS2+. The van der Waals surface area contributed by atoms with Crippen molar-refractivity contribution in [2.75, 3.05) is 11.9 Å². The lowest BCUT2D eigenvalue weighted by Gasteiger charge is -2.11. The molecule has 0 fully saturated rings. The highest BCUT2D eigenvalue weighted by Crippen LogP contribution is 2.44. The number of benzene rings is 1. The number of fused-ring (bicyclic) bond motifs is 1. The summed E-state index contributed by atoms with van der Waals surface area (Å²) >= 11 is 3.26. The number of thioether (sulfide) groups is 1. The lowest BCUT2D eigenvalue weighted by Crippen LogP contribution is -2.36. The van der Waals surface area contributed by atoms with E-state index in [1.165, 1.54) is 4.90 Å². The number of aromatic nitrogens is 2. The molecule has 0 radical (unpaired) electrons. The standard InChI is InChI=1S/C21H22N3OS2.ClH/c1-4-23-13-9-8-10-15(23)14-18-24(5-2)20(25)19(27-18)21-22(3)16-11-6-7-12-17(16)26-21;/h6-14H,4-5H2,1-3H3;1H/q+1;. The molecule has 0 saturated heterocycles. The van der Waals surface area contributed by atoms with Gasteiger partial charge in [-0.25, -0.2) is 0 Å². The van der Waals surface area contributed by atoms with Crippen molar-refractivity contribution in [3.05, 3.63) is 73.9 Å². The number of hydrogen-bond acceptors (Lipinski definition) is 4. The summed E-state index contributed by atoms with van der Waals surface area (Å²) in [5, 5.41) is 1.02. The second kappa shape index (κ2) is 8.55. The van der Waals surface area contributed by atoms with Crippen LogP contribution in [0.25, 0.3) is 11.1 Å². The number of aryl methyl sites for hydroxylation is 1. The molecule has 0 atom stereocenters. The van der Waals surface area contributed by atoms with E-state index in [0.29, 0.717) is 6.54 Å². The molecule has 146 valence electrons. The second-order valence-electron chi connectivity index (χ2n) is 6.31. The van der Waals surface area contributed by atoms with E-state index < -0.39 is 0 Å². The SMILES string of the molecule is CCn1c(=Cc2cccc[n+]2CC)sc(=C2Sc3ccccc3N2C)c1=O.Cl. The number of para-hydroxylation sites is 1. The van der Waals surface area contributed by atoms with E-state index in [-0.39, 0.29) is 18.0 Å². The fourth-order valence-electron chi connectivity index (χ4n) is 3.30. The molecule has 7 heteroatoms. The summed E-state index contributed by atoms with van der Waals surface area (Å²) in [4.78, 5) is 16.5. The van der Waals surface area contributed by atoms with Crippen molar-refractivity contribution in [1.29, 1.82) is 0 Å². The number of pyridine rings is 1. The van der Waals surface area contributed by atoms with Gasteiger partial charge in [0.1, 0.15) is 20.8 Å². The van der Waals surface area contributed by atoms with Gasteiger partial charge in [0.2, 0.25) is 5.69 Å². The molecule has 0 spiro atoms. The summed E-state index contributed by atoms with van der Waals surface area (Å²) in [5.41, 5.74) is 2.36. The summed E-state index contributed by atoms with van der Waals surface area (Å²) in [7, 11) is 2.04. The third-order valence-electron chi connectivity index (χ3n) is 4.75. The van der Waals surface area contributed by atoms with E-state index in [1.807, 2.05) is 42.8 Å². The third kappa shape index (κ3) is 3.52. The van der Waals surface area contributed by atoms with Gasteiger partial charge < -0.3 is 4.90 Å². The zero-order valence-corrected chi connectivity index (χ0v) is 18.5. The van der Waals surface area contributed by atoms with Crippen LogP contribution in [-0.2, 0) is 13.1 Å². The van der Waals surface area contributed by atoms with Gasteiger partial charge in [-0.2, -0.15) is 4.57 Å². The first kappa shape index (κ1) is 20.7. The molecule has 1 aliphatic heterocycles. The lowest BCUT2D eigenvalue weighted by atomic mass is 10.3. The Bertz CT molecular complexity index is 1180. The topological polar surface area (TPSA) is 29.1 Å². The maximum absolute atomic E-state index is 13.1. The molecule has 0 saturated carbocycles. The maximum Gasteiger partial charge on any atom is 0.271 e. The van der Waals surface area contributed by atoms with E-state index in [4.69, 9.17) is 0 Å². The first-order valence-corrected chi connectivity index (χ1v) is 10.7. The quantitative estimate of drug-likeness (QED) is 0.596. The largest absolute Gasteiger partial charge is 0.337 e. The zero-order chi connectivity index (χ0) is 19.0. The average molecular weight is 433 g/mol. The van der Waals surface area contributed by atoms with Gasteiger partial charge in [-0.15, -0.1) is 23.7 Å². The fraction of sp³-hybridized carbons (Fsp3) is 0.238. The molecule has 1 aromatic carbocycles. The number of thiazole rings is 1. The van der Waals surface area contributed by atoms with Gasteiger partial charge in [-0.1, -0.05) is 23.9 Å². The Morgan fingerprint density at radius 2 is 1.86 bits per heavy atom. The van der Waals surface area contributed by atoms with Gasteiger partial charge in [0, 0.05) is 36.7 Å². The van der Waals surface area contributed by atoms with Crippen molar-refractivity contribution in [3.63, 3.8) is 0 Å². The predicted octanol–water partition coefficient (Wildman–Crippen LogP) is 2.80. The van der Waals surface area contributed by atoms with Gasteiger partial charge in [0.15, 0.2) is 6.20 Å². The van der Waals surface area contributed by atoms with Crippen LogP contribution in [0, 0.1) is 0 Å². The van der Waals surface area contributed by atoms with Gasteiger partial charge >= 0.3 is 0 Å². The molecule has 0 bridgehead atoms. The maximum atomic E-state index is 13.1. The second-order valence-corrected chi connectivity index (χ2v) is 8.37. The van der Waals surface area contributed by atoms with Crippen LogP contribution in [0.15, 0.2) is 58.4 Å². The summed E-state index contributed by atoms with van der Waals surface area (Å²) in [6.45, 7) is 5.71. The minimum absolute atomic E-state index is 0. The molecule has 0 N–H and O–H groups in total. The van der Waals surface area contributed by atoms with Crippen molar-refractivity contribution in [2.24, 2.45) is 0 Å². The van der Waals surface area contributed by atoms with E-state index in [9.17, 15) is 4.79 Å². The Morgan fingerprint density at radius 3 is 2.57 bits per heavy atom. The highest BCUT2D eigenvalue weighted by molar-refractivity contribution is 8.08. The average Bonchev–Trinajstić information content (AvgIpc) is 3.19. The van der Waals surface area contributed by atoms with Crippen molar-refractivity contribution in [1.82, 2.24) is 4.57 Å². The van der Waals surface area contributed by atoms with Crippen LogP contribution in [0.4, 0.5) is 5.69 Å². The van der Waals surface area contributed by atoms with Crippen LogP contribution in [0.5, 0.6) is 0 Å². The molecule has 3 heterocycles. The van der Waals surface area contributed by atoms with Gasteiger partial charge in [0.25, 0.3) is 5.56 Å². The van der Waals surface area contributed by atoms with Gasteiger partial charge in [-0.05, 0) is 32.0 Å². The van der Waals surface area contributed by atoms with Gasteiger partial charge in [0.05, 0.1) is 5.69 Å². The Balaban J connectivity index is 0.00000225. The Labute approximate surface area is 178 Å². The molecule has 4 nitrogen and oxygen atoms in total. The molecule has 0 unspecified atom stereocenters. The van der Waals surface area contributed by atoms with Crippen molar-refractivity contribution in [2.45, 2.75) is 31.8 Å². The number of rotatable bonds is 3. The smallest absolute Gasteiger partial charge is 0.271 e. The zero-order valence-electron chi connectivity index (χ0n) is 16.1. The van der Waals surface area contributed by atoms with Crippen LogP contribution in [0.1, 0.15) is 19.5 Å². The number of nitrogens with zero attached hydrogens (tertiary/aromatic N) is 3. The molecule has 0 aliphatic carbocycles. The molecular weight excluding hydrogens is 410 g/mol. The van der Waals surface area contributed by atoms with E-state index >= 15 is 0 Å². The minimum Gasteiger partial charge on any atom is -0.337 e. The van der Waals surface area contributed by atoms with Crippen LogP contribution in [0.3, 0.4) is 0 Å². The number of hydrogen-bond donors (Lipinski definition) is 0. The normalized spacial score (nSPS) is 15.5. The third-order valence-corrected chi connectivity index (χ3v) is 7.23. The summed E-state index contributed by atoms with van der Waals surface area (Å²) in [6.07, 6.45) is 4.19. The van der Waals surface area contributed by atoms with E-state index in [2.05, 4.69) is 46.9 Å². The van der Waals surface area contributed by atoms with Crippen molar-refractivity contribution < 1.29 is 4.57 Å². The highest BCUT2D eigenvalue weighted by Gasteiger charge is 2.24. The Hall–Kier alpha value is -2.02.